The maximum absolute atomic E-state index is 5.61. The molecule has 0 aromatic heterocycles. The summed E-state index contributed by atoms with van der Waals surface area (Å²) in [5.74, 6) is 0. The second kappa shape index (κ2) is 3.71. The average molecular weight is 191 g/mol. The van der Waals surface area contributed by atoms with Crippen LogP contribution in [0.5, 0.6) is 0 Å². The van der Waals surface area contributed by atoms with E-state index in [1.54, 1.807) is 0 Å². The second-order valence-electron chi connectivity index (χ2n) is 4.26. The van der Waals surface area contributed by atoms with Crippen LogP contribution < -0.4 is 5.32 Å². The Labute approximate surface area is 85.3 Å². The Kier molecular flexibility index (Phi) is 2.57. The van der Waals surface area contributed by atoms with Gasteiger partial charge in [-0.3, -0.25) is 5.32 Å². The van der Waals surface area contributed by atoms with Crippen molar-refractivity contribution in [2.75, 3.05) is 6.61 Å². The second-order valence-corrected chi connectivity index (χ2v) is 4.26. The lowest BCUT2D eigenvalue weighted by Gasteiger charge is -2.37. The van der Waals surface area contributed by atoms with Gasteiger partial charge in [-0.15, -0.1) is 0 Å². The predicted molar refractivity (Wildman–Crippen MR) is 57.0 cm³/mol. The first-order chi connectivity index (χ1) is 6.67. The van der Waals surface area contributed by atoms with Crippen molar-refractivity contribution in [2.45, 2.75) is 32.0 Å². The zero-order chi connectivity index (χ0) is 10.0. The van der Waals surface area contributed by atoms with Gasteiger partial charge < -0.3 is 4.74 Å². The standard InChI is InChI=1S/C12H17NO/c1-12(2)13-11(8-9-14-12)10-6-4-3-5-7-10/h3-7,11,13H,8-9H2,1-2H3. The van der Waals surface area contributed by atoms with Crippen LogP contribution in [0.1, 0.15) is 31.9 Å². The van der Waals surface area contributed by atoms with Crippen LogP contribution in [-0.4, -0.2) is 12.3 Å². The molecule has 0 saturated carbocycles. The topological polar surface area (TPSA) is 21.3 Å². The first-order valence-corrected chi connectivity index (χ1v) is 5.14. The van der Waals surface area contributed by atoms with Gasteiger partial charge in [-0.1, -0.05) is 30.3 Å². The molecule has 1 aromatic rings. The highest BCUT2D eigenvalue weighted by molar-refractivity contribution is 5.19. The molecule has 1 fully saturated rings. The van der Waals surface area contributed by atoms with Gasteiger partial charge in [0, 0.05) is 6.04 Å². The summed E-state index contributed by atoms with van der Waals surface area (Å²) in [6.07, 6.45) is 1.05. The van der Waals surface area contributed by atoms with Crippen molar-refractivity contribution >= 4 is 0 Å². The van der Waals surface area contributed by atoms with E-state index in [0.29, 0.717) is 6.04 Å². The zero-order valence-corrected chi connectivity index (χ0v) is 8.79. The fourth-order valence-corrected chi connectivity index (χ4v) is 1.90. The first kappa shape index (κ1) is 9.69. The molecular weight excluding hydrogens is 174 g/mol. The van der Waals surface area contributed by atoms with Crippen molar-refractivity contribution in [3.8, 4) is 0 Å². The fourth-order valence-electron chi connectivity index (χ4n) is 1.90. The Morgan fingerprint density at radius 2 is 2.00 bits per heavy atom. The van der Waals surface area contributed by atoms with Crippen molar-refractivity contribution in [1.82, 2.24) is 5.32 Å². The quantitative estimate of drug-likeness (QED) is 0.736. The first-order valence-electron chi connectivity index (χ1n) is 5.14. The van der Waals surface area contributed by atoms with Gasteiger partial charge in [-0.05, 0) is 25.8 Å². The molecule has 14 heavy (non-hydrogen) atoms. The lowest BCUT2D eigenvalue weighted by molar-refractivity contribution is -0.0852. The summed E-state index contributed by atoms with van der Waals surface area (Å²) in [5.41, 5.74) is 1.16. The molecule has 1 N–H and O–H groups in total. The van der Waals surface area contributed by atoms with E-state index in [0.717, 1.165) is 13.0 Å². The van der Waals surface area contributed by atoms with E-state index in [9.17, 15) is 0 Å². The van der Waals surface area contributed by atoms with E-state index in [4.69, 9.17) is 4.74 Å². The number of hydrogen-bond donors (Lipinski definition) is 1. The molecule has 0 radical (unpaired) electrons. The minimum Gasteiger partial charge on any atom is -0.361 e. The lowest BCUT2D eigenvalue weighted by atomic mass is 10.0. The molecular formula is C12H17NO. The Balaban J connectivity index is 2.12. The third-order valence-electron chi connectivity index (χ3n) is 2.59. The molecule has 0 spiro atoms. The SMILES string of the molecule is CC1(C)NC(c2ccccc2)CCO1. The molecule has 76 valence electrons. The van der Waals surface area contributed by atoms with Gasteiger partial charge in [0.1, 0.15) is 5.72 Å². The summed E-state index contributed by atoms with van der Waals surface area (Å²) < 4.78 is 5.61. The molecule has 0 aliphatic carbocycles. The third-order valence-corrected chi connectivity index (χ3v) is 2.59. The summed E-state index contributed by atoms with van der Waals surface area (Å²) >= 11 is 0. The van der Waals surface area contributed by atoms with Gasteiger partial charge in [-0.25, -0.2) is 0 Å². The fraction of sp³-hybridized carbons (Fsp3) is 0.500. The number of rotatable bonds is 1. The smallest absolute Gasteiger partial charge is 0.114 e. The van der Waals surface area contributed by atoms with Gasteiger partial charge >= 0.3 is 0 Å². The third kappa shape index (κ3) is 2.14. The molecule has 1 saturated heterocycles. The Morgan fingerprint density at radius 3 is 2.64 bits per heavy atom. The van der Waals surface area contributed by atoms with Crippen LogP contribution in [0.4, 0.5) is 0 Å². The molecule has 1 unspecified atom stereocenters. The number of ether oxygens (including phenoxy) is 1. The molecule has 2 nitrogen and oxygen atoms in total. The van der Waals surface area contributed by atoms with Gasteiger partial charge in [-0.2, -0.15) is 0 Å². The molecule has 2 rings (SSSR count). The number of benzene rings is 1. The zero-order valence-electron chi connectivity index (χ0n) is 8.79. The summed E-state index contributed by atoms with van der Waals surface area (Å²) in [7, 11) is 0. The van der Waals surface area contributed by atoms with E-state index in [1.165, 1.54) is 5.56 Å². The van der Waals surface area contributed by atoms with Crippen LogP contribution in [0.3, 0.4) is 0 Å². The van der Waals surface area contributed by atoms with Crippen molar-refractivity contribution < 1.29 is 4.74 Å². The minimum atomic E-state index is -0.196. The maximum atomic E-state index is 5.61. The average Bonchev–Trinajstić information content (AvgIpc) is 2.18. The highest BCUT2D eigenvalue weighted by atomic mass is 16.5. The van der Waals surface area contributed by atoms with E-state index in [-0.39, 0.29) is 5.72 Å². The van der Waals surface area contributed by atoms with Crippen molar-refractivity contribution in [3.63, 3.8) is 0 Å². The van der Waals surface area contributed by atoms with Gasteiger partial charge in [0.15, 0.2) is 0 Å². The monoisotopic (exact) mass is 191 g/mol. The normalized spacial score (nSPS) is 26.0. The predicted octanol–water partition coefficient (Wildman–Crippen LogP) is 2.47. The van der Waals surface area contributed by atoms with Gasteiger partial charge in [0.25, 0.3) is 0 Å². The molecule has 1 aromatic carbocycles. The summed E-state index contributed by atoms with van der Waals surface area (Å²) in [5, 5.41) is 3.49. The van der Waals surface area contributed by atoms with E-state index >= 15 is 0 Å². The number of hydrogen-bond acceptors (Lipinski definition) is 2. The van der Waals surface area contributed by atoms with E-state index in [2.05, 4.69) is 43.4 Å². The molecule has 1 heterocycles. The van der Waals surface area contributed by atoms with E-state index < -0.39 is 0 Å². The largest absolute Gasteiger partial charge is 0.361 e. The van der Waals surface area contributed by atoms with Crippen LogP contribution in [0.15, 0.2) is 30.3 Å². The molecule has 0 amide bonds. The van der Waals surface area contributed by atoms with Crippen LogP contribution >= 0.6 is 0 Å². The molecule has 1 atom stereocenters. The van der Waals surface area contributed by atoms with Crippen molar-refractivity contribution in [3.05, 3.63) is 35.9 Å². The minimum absolute atomic E-state index is 0.196. The van der Waals surface area contributed by atoms with Gasteiger partial charge in [0.05, 0.1) is 6.61 Å². The summed E-state index contributed by atoms with van der Waals surface area (Å²) in [4.78, 5) is 0. The lowest BCUT2D eigenvalue weighted by Crippen LogP contribution is -2.48. The van der Waals surface area contributed by atoms with E-state index in [1.807, 2.05) is 6.07 Å². The van der Waals surface area contributed by atoms with Crippen LogP contribution in [0.25, 0.3) is 0 Å². The highest BCUT2D eigenvalue weighted by Crippen LogP contribution is 2.25. The number of nitrogens with one attached hydrogen (secondary N) is 1. The molecule has 0 bridgehead atoms. The molecule has 1 aliphatic rings. The van der Waals surface area contributed by atoms with Crippen LogP contribution in [-0.2, 0) is 4.74 Å². The Bertz CT molecular complexity index is 294. The summed E-state index contributed by atoms with van der Waals surface area (Å²) in [6.45, 7) is 4.98. The highest BCUT2D eigenvalue weighted by Gasteiger charge is 2.28. The van der Waals surface area contributed by atoms with Gasteiger partial charge in [0.2, 0.25) is 0 Å². The van der Waals surface area contributed by atoms with Crippen LogP contribution in [0, 0.1) is 0 Å². The van der Waals surface area contributed by atoms with Crippen LogP contribution in [0.2, 0.25) is 0 Å². The Hall–Kier alpha value is -0.860. The summed E-state index contributed by atoms with van der Waals surface area (Å²) in [6, 6.07) is 11.0. The maximum Gasteiger partial charge on any atom is 0.114 e. The molecule has 1 aliphatic heterocycles. The van der Waals surface area contributed by atoms with Crippen molar-refractivity contribution in [1.29, 1.82) is 0 Å². The Morgan fingerprint density at radius 1 is 1.29 bits per heavy atom. The van der Waals surface area contributed by atoms with Crippen molar-refractivity contribution in [2.24, 2.45) is 0 Å². The molecule has 2 heteroatoms.